The molecule has 0 saturated carbocycles. The average Bonchev–Trinajstić information content (AvgIpc) is 3.29. The number of H-pyrrole nitrogens is 1. The molecule has 1 saturated heterocycles. The lowest BCUT2D eigenvalue weighted by Gasteiger charge is -2.49. The number of β-lactam (4-membered cyclic amide) rings is 1. The maximum Gasteiger partial charge on any atom is 0.352 e. The zero-order valence-corrected chi connectivity index (χ0v) is 19.6. The van der Waals surface area contributed by atoms with E-state index >= 15 is 0 Å². The standard InChI is InChI=1S/C21H21N5O6S2/c1-10(19(29)30)16-23-21(25-24-16)34-9-12-8-33-18-14(17(28)26(18)15(12)20(31)32)22-13(27)7-11-5-3-2-4-6-11/h2-6,10,14,18H,7-9H2,1H3,(H,22,27)(H,29,30)(H,31,32)(H,23,24,25)/t10?,14?,18-/m1/s1. The maximum atomic E-state index is 12.8. The summed E-state index contributed by atoms with van der Waals surface area (Å²) >= 11 is 2.53. The van der Waals surface area contributed by atoms with Gasteiger partial charge in [-0.25, -0.2) is 9.78 Å². The Kier molecular flexibility index (Phi) is 6.93. The van der Waals surface area contributed by atoms with E-state index in [1.807, 2.05) is 30.3 Å². The molecule has 2 aromatic rings. The summed E-state index contributed by atoms with van der Waals surface area (Å²) in [6.45, 7) is 1.48. The van der Waals surface area contributed by atoms with Crippen molar-refractivity contribution in [3.05, 3.63) is 53.0 Å². The molecule has 3 heterocycles. The van der Waals surface area contributed by atoms with Gasteiger partial charge in [-0.3, -0.25) is 24.4 Å². The number of carbonyl (C=O) groups excluding carboxylic acids is 2. The molecule has 4 rings (SSSR count). The molecule has 1 aromatic heterocycles. The molecular weight excluding hydrogens is 482 g/mol. The SMILES string of the molecule is CC(C(=O)O)c1nc(SCC2=C(C(=O)O)N3C(=O)C(NC(=O)Cc4ccccc4)[C@H]3SC2)n[nH]1. The van der Waals surface area contributed by atoms with Gasteiger partial charge in [0.05, 0.1) is 6.42 Å². The molecule has 0 bridgehead atoms. The molecule has 178 valence electrons. The van der Waals surface area contributed by atoms with Crippen LogP contribution in [0.1, 0.15) is 24.2 Å². The number of fused-ring (bicyclic) bond motifs is 1. The fourth-order valence-corrected chi connectivity index (χ4v) is 5.88. The Morgan fingerprint density at radius 3 is 2.71 bits per heavy atom. The van der Waals surface area contributed by atoms with Crippen molar-refractivity contribution >= 4 is 47.3 Å². The molecule has 11 nitrogen and oxygen atoms in total. The highest BCUT2D eigenvalue weighted by Crippen LogP contribution is 2.41. The van der Waals surface area contributed by atoms with E-state index in [0.29, 0.717) is 11.3 Å². The predicted octanol–water partition coefficient (Wildman–Crippen LogP) is 1.07. The molecule has 0 aliphatic carbocycles. The van der Waals surface area contributed by atoms with E-state index in [1.165, 1.54) is 23.6 Å². The van der Waals surface area contributed by atoms with E-state index in [4.69, 9.17) is 5.11 Å². The van der Waals surface area contributed by atoms with Crippen LogP contribution in [0, 0.1) is 0 Å². The number of nitrogens with one attached hydrogen (secondary N) is 2. The lowest BCUT2D eigenvalue weighted by Crippen LogP contribution is -2.70. The smallest absolute Gasteiger partial charge is 0.352 e. The molecule has 2 amide bonds. The number of benzene rings is 1. The number of aromatic amines is 1. The normalized spacial score (nSPS) is 20.4. The summed E-state index contributed by atoms with van der Waals surface area (Å²) in [6, 6.07) is 8.35. The first kappa shape index (κ1) is 23.8. The van der Waals surface area contributed by atoms with Crippen LogP contribution in [0.25, 0.3) is 0 Å². The van der Waals surface area contributed by atoms with Crippen molar-refractivity contribution in [2.75, 3.05) is 11.5 Å². The minimum atomic E-state index is -1.22. The summed E-state index contributed by atoms with van der Waals surface area (Å²) in [6.07, 6.45) is 0.130. The Labute approximate surface area is 202 Å². The molecule has 0 radical (unpaired) electrons. The van der Waals surface area contributed by atoms with Crippen molar-refractivity contribution in [1.82, 2.24) is 25.4 Å². The molecule has 3 atom stereocenters. The minimum absolute atomic E-state index is 0.0931. The molecule has 0 spiro atoms. The minimum Gasteiger partial charge on any atom is -0.481 e. The van der Waals surface area contributed by atoms with Crippen LogP contribution in [0.2, 0.25) is 0 Å². The zero-order chi connectivity index (χ0) is 24.4. The first-order chi connectivity index (χ1) is 16.3. The highest BCUT2D eigenvalue weighted by molar-refractivity contribution is 8.01. The lowest BCUT2D eigenvalue weighted by atomic mass is 10.0. The van der Waals surface area contributed by atoms with Crippen molar-refractivity contribution in [2.45, 2.75) is 35.8 Å². The number of carbonyl (C=O) groups is 4. The second kappa shape index (κ2) is 9.89. The molecule has 4 N–H and O–H groups in total. The van der Waals surface area contributed by atoms with Crippen molar-refractivity contribution in [1.29, 1.82) is 0 Å². The van der Waals surface area contributed by atoms with Crippen LogP contribution in [0.4, 0.5) is 0 Å². The van der Waals surface area contributed by atoms with Gasteiger partial charge in [-0.1, -0.05) is 42.1 Å². The second-order valence-corrected chi connectivity index (χ2v) is 9.77. The fraction of sp³-hybridized carbons (Fsp3) is 0.333. The van der Waals surface area contributed by atoms with Gasteiger partial charge >= 0.3 is 11.9 Å². The van der Waals surface area contributed by atoms with Gasteiger partial charge in [0, 0.05) is 11.5 Å². The van der Waals surface area contributed by atoms with Crippen molar-refractivity contribution in [3.63, 3.8) is 0 Å². The second-order valence-electron chi connectivity index (χ2n) is 7.73. The first-order valence-corrected chi connectivity index (χ1v) is 12.3. The summed E-state index contributed by atoms with van der Waals surface area (Å²) in [5, 5.41) is 27.9. The molecule has 34 heavy (non-hydrogen) atoms. The van der Waals surface area contributed by atoms with Gasteiger partial charge in [-0.15, -0.1) is 16.9 Å². The average molecular weight is 504 g/mol. The van der Waals surface area contributed by atoms with E-state index in [1.54, 1.807) is 0 Å². The third-order valence-electron chi connectivity index (χ3n) is 5.41. The molecule has 1 aromatic carbocycles. The van der Waals surface area contributed by atoms with Crippen LogP contribution in [-0.4, -0.2) is 77.0 Å². The summed E-state index contributed by atoms with van der Waals surface area (Å²) in [7, 11) is 0. The van der Waals surface area contributed by atoms with Crippen molar-refractivity contribution in [2.24, 2.45) is 0 Å². The Morgan fingerprint density at radius 2 is 2.03 bits per heavy atom. The number of amides is 2. The molecule has 1 fully saturated rings. The highest BCUT2D eigenvalue weighted by Gasteiger charge is 2.54. The van der Waals surface area contributed by atoms with Gasteiger partial charge in [-0.2, -0.15) is 0 Å². The van der Waals surface area contributed by atoms with Gasteiger partial charge in [0.1, 0.15) is 28.9 Å². The quantitative estimate of drug-likeness (QED) is 0.287. The van der Waals surface area contributed by atoms with Gasteiger partial charge in [0.25, 0.3) is 5.91 Å². The first-order valence-electron chi connectivity index (χ1n) is 10.3. The number of hydrogen-bond donors (Lipinski definition) is 4. The van der Waals surface area contributed by atoms with E-state index in [0.717, 1.165) is 17.3 Å². The number of nitrogens with zero attached hydrogens (tertiary/aromatic N) is 3. The van der Waals surface area contributed by atoms with Crippen LogP contribution >= 0.6 is 23.5 Å². The van der Waals surface area contributed by atoms with Crippen LogP contribution in [0.3, 0.4) is 0 Å². The van der Waals surface area contributed by atoms with E-state index in [2.05, 4.69) is 20.5 Å². The Hall–Kier alpha value is -3.32. The van der Waals surface area contributed by atoms with Crippen LogP contribution in [0.5, 0.6) is 0 Å². The monoisotopic (exact) mass is 503 g/mol. The highest BCUT2D eigenvalue weighted by atomic mass is 32.2. The summed E-state index contributed by atoms with van der Waals surface area (Å²) in [4.78, 5) is 53.6. The number of thioether (sulfide) groups is 2. The van der Waals surface area contributed by atoms with Crippen LogP contribution in [0.15, 0.2) is 46.8 Å². The van der Waals surface area contributed by atoms with E-state index in [-0.39, 0.29) is 34.8 Å². The van der Waals surface area contributed by atoms with Crippen LogP contribution in [-0.2, 0) is 25.6 Å². The largest absolute Gasteiger partial charge is 0.481 e. The van der Waals surface area contributed by atoms with Crippen molar-refractivity contribution in [3.8, 4) is 0 Å². The third-order valence-corrected chi connectivity index (χ3v) is 7.69. The summed E-state index contributed by atoms with van der Waals surface area (Å²) in [5.41, 5.74) is 1.25. The van der Waals surface area contributed by atoms with Gasteiger partial charge in [0.15, 0.2) is 0 Å². The number of rotatable bonds is 9. The van der Waals surface area contributed by atoms with E-state index < -0.39 is 35.2 Å². The third kappa shape index (κ3) is 4.80. The zero-order valence-electron chi connectivity index (χ0n) is 17.9. The van der Waals surface area contributed by atoms with Crippen molar-refractivity contribution < 1.29 is 29.4 Å². The summed E-state index contributed by atoms with van der Waals surface area (Å²) in [5.74, 6) is -3.11. The number of carboxylic acid groups (broad SMARTS) is 2. The Bertz CT molecular complexity index is 1170. The summed E-state index contributed by atoms with van der Waals surface area (Å²) < 4.78 is 0. The molecular formula is C21H21N5O6S2. The van der Waals surface area contributed by atoms with E-state index in [9.17, 15) is 24.3 Å². The Balaban J connectivity index is 1.41. The van der Waals surface area contributed by atoms with Crippen LogP contribution < -0.4 is 5.32 Å². The predicted molar refractivity (Wildman–Crippen MR) is 123 cm³/mol. The molecule has 2 aliphatic heterocycles. The topological polar surface area (TPSA) is 166 Å². The molecule has 2 aliphatic rings. The molecule has 2 unspecified atom stereocenters. The molecule has 13 heteroatoms. The van der Waals surface area contributed by atoms with Gasteiger partial charge < -0.3 is 15.5 Å². The van der Waals surface area contributed by atoms with Gasteiger partial charge in [0.2, 0.25) is 11.1 Å². The lowest BCUT2D eigenvalue weighted by molar-refractivity contribution is -0.150. The number of aliphatic carboxylic acids is 2. The van der Waals surface area contributed by atoms with Gasteiger partial charge in [-0.05, 0) is 18.1 Å². The number of hydrogen-bond acceptors (Lipinski definition) is 8. The number of aromatic nitrogens is 3. The number of carboxylic acids is 2. The Morgan fingerprint density at radius 1 is 1.29 bits per heavy atom. The fourth-order valence-electron chi connectivity index (χ4n) is 3.59. The maximum absolute atomic E-state index is 12.8.